The summed E-state index contributed by atoms with van der Waals surface area (Å²) in [5.41, 5.74) is -0.471. The van der Waals surface area contributed by atoms with Gasteiger partial charge < -0.3 is 0 Å². The van der Waals surface area contributed by atoms with Crippen LogP contribution in [-0.4, -0.2) is 10.5 Å². The Hall–Kier alpha value is 0.0200. The fourth-order valence-electron chi connectivity index (χ4n) is 2.47. The third-order valence-corrected chi connectivity index (χ3v) is 4.36. The van der Waals surface area contributed by atoms with Crippen molar-refractivity contribution in [1.29, 1.82) is 0 Å². The summed E-state index contributed by atoms with van der Waals surface area (Å²) >= 11 is 0. The maximum atomic E-state index is 10.6. The van der Waals surface area contributed by atoms with Crippen molar-refractivity contribution in [3.05, 3.63) is 0 Å². The second-order valence-corrected chi connectivity index (χ2v) is 7.03. The van der Waals surface area contributed by atoms with E-state index in [9.17, 15) is 4.57 Å². The minimum atomic E-state index is -2.48. The summed E-state index contributed by atoms with van der Waals surface area (Å²) in [5.74, 6) is 0. The monoisotopic (exact) mass is 305 g/mol. The zero-order chi connectivity index (χ0) is 15.3. The molecule has 4 heteroatoms. The molecule has 3 nitrogen and oxygen atoms in total. The average Bonchev–Trinajstić information content (AvgIpc) is 2.34. The minimum Gasteiger partial charge on any atom is -0.133 e. The summed E-state index contributed by atoms with van der Waals surface area (Å²) in [6, 6.07) is 0. The van der Waals surface area contributed by atoms with Gasteiger partial charge in [-0.2, -0.15) is 0 Å². The van der Waals surface area contributed by atoms with Gasteiger partial charge in [-0.3, -0.25) is 0 Å². The summed E-state index contributed by atoms with van der Waals surface area (Å²) < 4.78 is 15.6. The smallest absolute Gasteiger partial charge is 0.133 e. The molecule has 0 rings (SSSR count). The molecule has 0 aromatic carbocycles. The van der Waals surface area contributed by atoms with Gasteiger partial charge in [0.2, 0.25) is 0 Å². The Kier molecular flexibility index (Phi) is 12.8. The fraction of sp³-hybridized carbons (Fsp3) is 1.00. The predicted molar refractivity (Wildman–Crippen MR) is 86.1 cm³/mol. The third-order valence-electron chi connectivity index (χ3n) is 3.71. The maximum Gasteiger partial charge on any atom is 0.695 e. The molecule has 0 fully saturated rings. The van der Waals surface area contributed by atoms with Crippen molar-refractivity contribution in [3.63, 3.8) is 0 Å². The predicted octanol–water partition coefficient (Wildman–Crippen LogP) is 6.13. The van der Waals surface area contributed by atoms with Crippen molar-refractivity contribution >= 4 is 8.25 Å². The van der Waals surface area contributed by atoms with E-state index in [0.717, 1.165) is 12.8 Å². The molecule has 0 saturated carbocycles. The van der Waals surface area contributed by atoms with Crippen molar-refractivity contribution < 1.29 is 14.0 Å². The third kappa shape index (κ3) is 14.4. The lowest BCUT2D eigenvalue weighted by atomic mass is 9.99. The molecule has 1 N–H and O–H groups in total. The molecular formula is C16H34O3P+. The molecule has 0 heterocycles. The Morgan fingerprint density at radius 2 is 1.25 bits per heavy atom. The van der Waals surface area contributed by atoms with E-state index in [-0.39, 0.29) is 0 Å². The first kappa shape index (κ1) is 20.0. The number of unbranched alkanes of at least 4 members (excludes halogenated alkanes) is 10. The second kappa shape index (κ2) is 12.7. The van der Waals surface area contributed by atoms with E-state index in [1.54, 1.807) is 0 Å². The van der Waals surface area contributed by atoms with E-state index in [2.05, 4.69) is 6.92 Å². The normalized spacial score (nSPS) is 12.7. The minimum absolute atomic E-state index is 0.471. The molecule has 0 saturated heterocycles. The standard InChI is InChI=1S/C16H33O3P/c1-4-5-6-7-8-9-10-11-12-13-14-15-16(2,3)19-20(17)18/h4-15H2,1-3H3/p+1. The lowest BCUT2D eigenvalue weighted by Gasteiger charge is -2.16. The molecule has 20 heavy (non-hydrogen) atoms. The van der Waals surface area contributed by atoms with Crippen LogP contribution in [0.15, 0.2) is 0 Å². The highest BCUT2D eigenvalue weighted by molar-refractivity contribution is 7.32. The number of hydrogen-bond donors (Lipinski definition) is 1. The molecule has 0 aliphatic heterocycles. The van der Waals surface area contributed by atoms with Gasteiger partial charge in [-0.05, 0) is 20.3 Å². The molecule has 1 unspecified atom stereocenters. The van der Waals surface area contributed by atoms with Crippen LogP contribution >= 0.6 is 8.25 Å². The van der Waals surface area contributed by atoms with E-state index in [0.29, 0.717) is 0 Å². The lowest BCUT2D eigenvalue weighted by Crippen LogP contribution is -2.20. The van der Waals surface area contributed by atoms with E-state index in [1.807, 2.05) is 13.8 Å². The van der Waals surface area contributed by atoms with Gasteiger partial charge in [0.25, 0.3) is 0 Å². The molecule has 0 spiro atoms. The largest absolute Gasteiger partial charge is 0.695 e. The van der Waals surface area contributed by atoms with Gasteiger partial charge in [-0.1, -0.05) is 77.6 Å². The lowest BCUT2D eigenvalue weighted by molar-refractivity contribution is 0.0910. The van der Waals surface area contributed by atoms with Crippen molar-refractivity contribution in [2.24, 2.45) is 0 Å². The van der Waals surface area contributed by atoms with E-state index < -0.39 is 13.9 Å². The molecule has 0 aliphatic rings. The Morgan fingerprint density at radius 3 is 1.65 bits per heavy atom. The van der Waals surface area contributed by atoms with Crippen LogP contribution in [0.25, 0.3) is 0 Å². The van der Waals surface area contributed by atoms with Gasteiger partial charge in [0.1, 0.15) is 5.60 Å². The van der Waals surface area contributed by atoms with Crippen molar-refractivity contribution in [2.75, 3.05) is 0 Å². The highest BCUT2D eigenvalue weighted by Crippen LogP contribution is 2.29. The molecule has 0 amide bonds. The fourth-order valence-corrected chi connectivity index (χ4v) is 2.99. The van der Waals surface area contributed by atoms with Crippen LogP contribution < -0.4 is 0 Å². The summed E-state index contributed by atoms with van der Waals surface area (Å²) in [7, 11) is -2.48. The van der Waals surface area contributed by atoms with Crippen molar-refractivity contribution in [3.8, 4) is 0 Å². The van der Waals surface area contributed by atoms with Crippen LogP contribution in [0.4, 0.5) is 0 Å². The molecule has 120 valence electrons. The van der Waals surface area contributed by atoms with Crippen LogP contribution in [-0.2, 0) is 9.09 Å². The quantitative estimate of drug-likeness (QED) is 0.310. The van der Waals surface area contributed by atoms with Crippen LogP contribution in [0.1, 0.15) is 97.8 Å². The first-order valence-electron chi connectivity index (χ1n) is 8.33. The van der Waals surface area contributed by atoms with E-state index >= 15 is 0 Å². The van der Waals surface area contributed by atoms with Crippen molar-refractivity contribution in [1.82, 2.24) is 0 Å². The van der Waals surface area contributed by atoms with Crippen molar-refractivity contribution in [2.45, 2.75) is 103 Å². The zero-order valence-electron chi connectivity index (χ0n) is 13.7. The maximum absolute atomic E-state index is 10.6. The summed E-state index contributed by atoms with van der Waals surface area (Å²) in [6.07, 6.45) is 15.4. The van der Waals surface area contributed by atoms with Gasteiger partial charge in [-0.25, -0.2) is 0 Å². The van der Waals surface area contributed by atoms with Crippen LogP contribution in [0, 0.1) is 0 Å². The van der Waals surface area contributed by atoms with E-state index in [1.165, 1.54) is 64.2 Å². The van der Waals surface area contributed by atoms with Crippen LogP contribution in [0.3, 0.4) is 0 Å². The van der Waals surface area contributed by atoms with Crippen LogP contribution in [0.2, 0.25) is 0 Å². The van der Waals surface area contributed by atoms with E-state index in [4.69, 9.17) is 9.42 Å². The topological polar surface area (TPSA) is 46.5 Å². The molecule has 0 aliphatic carbocycles. The first-order chi connectivity index (χ1) is 9.48. The summed E-state index contributed by atoms with van der Waals surface area (Å²) in [6.45, 7) is 6.02. The highest BCUT2D eigenvalue weighted by atomic mass is 31.1. The highest BCUT2D eigenvalue weighted by Gasteiger charge is 2.29. The van der Waals surface area contributed by atoms with Gasteiger partial charge >= 0.3 is 8.25 Å². The van der Waals surface area contributed by atoms with Gasteiger partial charge in [0, 0.05) is 4.57 Å². The average molecular weight is 305 g/mol. The van der Waals surface area contributed by atoms with Gasteiger partial charge in [-0.15, -0.1) is 9.42 Å². The molecular weight excluding hydrogens is 271 g/mol. The number of rotatable bonds is 14. The molecule has 0 bridgehead atoms. The molecule has 0 aromatic heterocycles. The van der Waals surface area contributed by atoms with Gasteiger partial charge in [0.05, 0.1) is 0 Å². The Bertz CT molecular complexity index is 242. The Labute approximate surface area is 126 Å². The van der Waals surface area contributed by atoms with Gasteiger partial charge in [0.15, 0.2) is 0 Å². The molecule has 1 atom stereocenters. The number of hydrogen-bond acceptors (Lipinski definition) is 2. The zero-order valence-corrected chi connectivity index (χ0v) is 14.6. The summed E-state index contributed by atoms with van der Waals surface area (Å²) in [4.78, 5) is 8.75. The Balaban J connectivity index is 3.26. The Morgan fingerprint density at radius 1 is 0.850 bits per heavy atom. The van der Waals surface area contributed by atoms with Crippen LogP contribution in [0.5, 0.6) is 0 Å². The second-order valence-electron chi connectivity index (χ2n) is 6.37. The molecule has 0 radical (unpaired) electrons. The summed E-state index contributed by atoms with van der Waals surface area (Å²) in [5, 5.41) is 0. The first-order valence-corrected chi connectivity index (χ1v) is 9.46. The molecule has 0 aromatic rings. The SMILES string of the molecule is CCCCCCCCCCCCCC(C)(C)O[P+](=O)O.